The van der Waals surface area contributed by atoms with Crippen LogP contribution in [-0.2, 0) is 31.6 Å². The number of rotatable bonds is 8. The normalized spacial score (nSPS) is 28.9. The van der Waals surface area contributed by atoms with Crippen LogP contribution >= 0.6 is 23.5 Å². The first kappa shape index (κ1) is 26.6. The summed E-state index contributed by atoms with van der Waals surface area (Å²) in [6, 6.07) is 1.22. The van der Waals surface area contributed by atoms with Crippen molar-refractivity contribution in [3.8, 4) is 12.3 Å². The van der Waals surface area contributed by atoms with Gasteiger partial charge in [-0.05, 0) is 0 Å². The second-order valence-electron chi connectivity index (χ2n) is 6.74. The highest BCUT2D eigenvalue weighted by Gasteiger charge is 2.57. The van der Waals surface area contributed by atoms with Crippen LogP contribution in [0, 0.1) is 12.3 Å². The minimum atomic E-state index is -5.83. The number of aliphatic hydroxyl groups excluding tert-OH is 1. The molecule has 3 heterocycles. The van der Waals surface area contributed by atoms with Crippen LogP contribution in [-0.4, -0.2) is 63.7 Å². The standard InChI is InChI=1S/C13H16FN4O13P3/c1-2-13(4-28-33(24,25)31-34(26,27)30-32(21,22)23)10(19)8(14)12(29-13)18-5-16-9-6(18)3-7(15)17-11(9)20/h1,3,5,8,10,12,19H,4H2,(H,24,25)(H,26,27)(H3,15,17,20)(H2,21,22,23)/t8-,10+,12-,13-/m1/s1. The van der Waals surface area contributed by atoms with Crippen molar-refractivity contribution in [3.63, 3.8) is 0 Å². The molecule has 17 nitrogen and oxygen atoms in total. The molecule has 188 valence electrons. The third-order valence-electron chi connectivity index (χ3n) is 4.36. The van der Waals surface area contributed by atoms with E-state index >= 15 is 0 Å². The van der Waals surface area contributed by atoms with Gasteiger partial charge < -0.3 is 44.7 Å². The molecule has 21 heteroatoms. The zero-order valence-corrected chi connectivity index (χ0v) is 19.0. The molecule has 0 bridgehead atoms. The van der Waals surface area contributed by atoms with Crippen molar-refractivity contribution in [2.45, 2.75) is 24.1 Å². The maximum Gasteiger partial charge on any atom is 0.490 e. The maximum atomic E-state index is 15.0. The number of nitrogens with zero attached hydrogens (tertiary/aromatic N) is 2. The van der Waals surface area contributed by atoms with Gasteiger partial charge in [-0.25, -0.2) is 23.1 Å². The number of phosphoric acid groups is 3. The Hall–Kier alpha value is -1.96. The number of nitrogen functional groups attached to an aromatic ring is 1. The number of alkyl halides is 1. The van der Waals surface area contributed by atoms with E-state index in [0.29, 0.717) is 0 Å². The predicted molar refractivity (Wildman–Crippen MR) is 107 cm³/mol. The van der Waals surface area contributed by atoms with Crippen LogP contribution in [0.15, 0.2) is 17.2 Å². The number of fused-ring (bicyclic) bond motifs is 1. The average molecular weight is 548 g/mol. The topological polar surface area (TPSA) is 266 Å². The van der Waals surface area contributed by atoms with Gasteiger partial charge in [-0.15, -0.1) is 6.42 Å². The number of aliphatic hydroxyl groups is 1. The Morgan fingerprint density at radius 1 is 1.29 bits per heavy atom. The summed E-state index contributed by atoms with van der Waals surface area (Å²) in [5, 5.41) is 10.3. The summed E-state index contributed by atoms with van der Waals surface area (Å²) in [6.07, 6.45) is 0.0113. The molecule has 0 saturated carbocycles. The highest BCUT2D eigenvalue weighted by Crippen LogP contribution is 2.66. The number of phosphoric ester groups is 1. The molecule has 6 atom stereocenters. The molecule has 2 unspecified atom stereocenters. The molecule has 0 spiro atoms. The third kappa shape index (κ3) is 5.47. The number of terminal acetylenes is 1. The molecular weight excluding hydrogens is 532 g/mol. The molecule has 0 aliphatic carbocycles. The summed E-state index contributed by atoms with van der Waals surface area (Å²) in [6.45, 7) is -1.32. The number of imidazole rings is 1. The fourth-order valence-corrected chi connectivity index (χ4v) is 6.05. The van der Waals surface area contributed by atoms with E-state index in [1.807, 2.05) is 5.92 Å². The van der Waals surface area contributed by atoms with Gasteiger partial charge in [0.1, 0.15) is 18.5 Å². The Kier molecular flexibility index (Phi) is 6.99. The maximum absolute atomic E-state index is 15.0. The first-order valence-electron chi connectivity index (χ1n) is 8.61. The molecule has 3 rings (SSSR count). The van der Waals surface area contributed by atoms with Gasteiger partial charge in [0.05, 0.1) is 11.8 Å². The molecule has 2 aromatic heterocycles. The number of H-pyrrole nitrogens is 1. The summed E-state index contributed by atoms with van der Waals surface area (Å²) in [4.78, 5) is 53.9. The van der Waals surface area contributed by atoms with Crippen molar-refractivity contribution in [2.24, 2.45) is 0 Å². The first-order valence-corrected chi connectivity index (χ1v) is 13.1. The zero-order valence-electron chi connectivity index (χ0n) is 16.4. The third-order valence-corrected chi connectivity index (χ3v) is 8.14. The molecule has 1 aliphatic rings. The van der Waals surface area contributed by atoms with Crippen molar-refractivity contribution in [2.75, 3.05) is 12.3 Å². The number of halogens is 1. The summed E-state index contributed by atoms with van der Waals surface area (Å²) in [7, 11) is -17.1. The number of anilines is 1. The van der Waals surface area contributed by atoms with Gasteiger partial charge in [0, 0.05) is 6.07 Å². The SMILES string of the molecule is C#C[C@]1(COP(=O)(O)OP(=O)(O)OP(=O)(O)O)O[C@@H](n2cnc3c(=O)[nH]c(N)cc32)[C@H](F)[C@@H]1O. The van der Waals surface area contributed by atoms with E-state index in [2.05, 4.69) is 23.1 Å². The van der Waals surface area contributed by atoms with Gasteiger partial charge >= 0.3 is 23.5 Å². The number of hydrogen-bond acceptors (Lipinski definition) is 11. The molecule has 1 fully saturated rings. The Balaban J connectivity index is 1.84. The number of pyridine rings is 1. The van der Waals surface area contributed by atoms with Gasteiger partial charge in [-0.2, -0.15) is 8.62 Å². The van der Waals surface area contributed by atoms with Gasteiger partial charge in [0.25, 0.3) is 5.56 Å². The van der Waals surface area contributed by atoms with Crippen LogP contribution in [0.25, 0.3) is 11.0 Å². The van der Waals surface area contributed by atoms with E-state index in [4.69, 9.17) is 26.7 Å². The largest absolute Gasteiger partial charge is 0.490 e. The Labute approximate surface area is 187 Å². The average Bonchev–Trinajstić information content (AvgIpc) is 3.18. The van der Waals surface area contributed by atoms with Crippen LogP contribution in [0.5, 0.6) is 0 Å². The summed E-state index contributed by atoms with van der Waals surface area (Å²) >= 11 is 0. The van der Waals surface area contributed by atoms with Crippen molar-refractivity contribution in [1.82, 2.24) is 14.5 Å². The van der Waals surface area contributed by atoms with E-state index < -0.39 is 59.7 Å². The predicted octanol–water partition coefficient (Wildman–Crippen LogP) is -0.750. The minimum Gasteiger partial charge on any atom is -0.386 e. The Bertz CT molecular complexity index is 1350. The van der Waals surface area contributed by atoms with Crippen molar-refractivity contribution < 1.29 is 60.6 Å². The summed E-state index contributed by atoms with van der Waals surface area (Å²) < 4.78 is 66.9. The quantitative estimate of drug-likeness (QED) is 0.158. The van der Waals surface area contributed by atoms with E-state index in [9.17, 15) is 37.8 Å². The lowest BCUT2D eigenvalue weighted by Gasteiger charge is -2.27. The molecule has 2 aromatic rings. The fraction of sp³-hybridized carbons (Fsp3) is 0.385. The molecule has 0 amide bonds. The van der Waals surface area contributed by atoms with Crippen molar-refractivity contribution >= 4 is 40.3 Å². The Morgan fingerprint density at radius 3 is 2.53 bits per heavy atom. The van der Waals surface area contributed by atoms with Crippen LogP contribution < -0.4 is 11.3 Å². The molecule has 0 radical (unpaired) electrons. The number of ether oxygens (including phenoxy) is 1. The van der Waals surface area contributed by atoms with Crippen LogP contribution in [0.1, 0.15) is 6.23 Å². The minimum absolute atomic E-state index is 0.0122. The molecule has 1 saturated heterocycles. The van der Waals surface area contributed by atoms with E-state index in [1.54, 1.807) is 0 Å². The first-order chi connectivity index (χ1) is 15.5. The highest BCUT2D eigenvalue weighted by atomic mass is 31.3. The molecule has 0 aromatic carbocycles. The fourth-order valence-electron chi connectivity index (χ4n) is 3.00. The molecule has 1 aliphatic heterocycles. The number of nitrogens with one attached hydrogen (secondary N) is 1. The van der Waals surface area contributed by atoms with Crippen molar-refractivity contribution in [1.29, 1.82) is 0 Å². The monoisotopic (exact) mass is 548 g/mol. The molecule has 8 N–H and O–H groups in total. The molecule has 34 heavy (non-hydrogen) atoms. The lowest BCUT2D eigenvalue weighted by atomic mass is 9.98. The lowest BCUT2D eigenvalue weighted by Crippen LogP contribution is -2.44. The molecular formula is C13H16FN4O13P3. The van der Waals surface area contributed by atoms with Gasteiger partial charge in [0.15, 0.2) is 23.5 Å². The number of hydrogen-bond donors (Lipinski definition) is 7. The van der Waals surface area contributed by atoms with Gasteiger partial charge in [-0.3, -0.25) is 9.32 Å². The van der Waals surface area contributed by atoms with Gasteiger partial charge in [-0.1, -0.05) is 5.92 Å². The summed E-state index contributed by atoms with van der Waals surface area (Å²) in [5.41, 5.74) is 2.20. The van der Waals surface area contributed by atoms with Crippen LogP contribution in [0.3, 0.4) is 0 Å². The highest BCUT2D eigenvalue weighted by molar-refractivity contribution is 7.66. The zero-order chi connectivity index (χ0) is 25.7. The van der Waals surface area contributed by atoms with E-state index in [-0.39, 0.29) is 16.9 Å². The van der Waals surface area contributed by atoms with E-state index in [0.717, 1.165) is 10.9 Å². The second kappa shape index (κ2) is 8.92. The summed E-state index contributed by atoms with van der Waals surface area (Å²) in [5.74, 6) is 1.75. The smallest absolute Gasteiger partial charge is 0.386 e. The van der Waals surface area contributed by atoms with E-state index in [1.165, 1.54) is 6.07 Å². The number of nitrogens with two attached hydrogens (primary N) is 1. The van der Waals surface area contributed by atoms with Crippen LogP contribution in [0.4, 0.5) is 10.2 Å². The van der Waals surface area contributed by atoms with Crippen LogP contribution in [0.2, 0.25) is 0 Å². The Morgan fingerprint density at radius 2 is 1.94 bits per heavy atom. The lowest BCUT2D eigenvalue weighted by molar-refractivity contribution is -0.0882. The number of aromatic nitrogens is 3. The second-order valence-corrected chi connectivity index (χ2v) is 11.2. The van der Waals surface area contributed by atoms with Crippen molar-refractivity contribution in [3.05, 3.63) is 22.7 Å². The number of aromatic amines is 1. The van der Waals surface area contributed by atoms with Gasteiger partial charge in [0.2, 0.25) is 0 Å².